The Bertz CT molecular complexity index is 628. The Morgan fingerprint density at radius 2 is 2.14 bits per heavy atom. The van der Waals surface area contributed by atoms with E-state index in [0.717, 1.165) is 10.4 Å². The van der Waals surface area contributed by atoms with Crippen LogP contribution in [0.2, 0.25) is 0 Å². The largest absolute Gasteiger partial charge is 0.493 e. The summed E-state index contributed by atoms with van der Waals surface area (Å²) in [6, 6.07) is 5.21. The summed E-state index contributed by atoms with van der Waals surface area (Å²) in [6.45, 7) is 2.26. The Hall–Kier alpha value is -2.28. The van der Waals surface area contributed by atoms with Crippen molar-refractivity contribution < 1.29 is 14.3 Å². The molecule has 2 N–H and O–H groups in total. The Morgan fingerprint density at radius 3 is 2.76 bits per heavy atom. The molecule has 0 fully saturated rings. The number of ether oxygens (including phenoxy) is 2. The van der Waals surface area contributed by atoms with Crippen LogP contribution in [-0.4, -0.2) is 25.2 Å². The number of amides is 2. The number of nitrogens with one attached hydrogen (secondary N) is 2. The minimum absolute atomic E-state index is 0.311. The van der Waals surface area contributed by atoms with E-state index in [0.29, 0.717) is 23.2 Å². The molecule has 21 heavy (non-hydrogen) atoms. The Balaban J connectivity index is 1.98. The van der Waals surface area contributed by atoms with Crippen LogP contribution in [0.5, 0.6) is 11.5 Å². The average molecular weight is 307 g/mol. The lowest BCUT2D eigenvalue weighted by Gasteiger charge is -2.13. The summed E-state index contributed by atoms with van der Waals surface area (Å²) in [4.78, 5) is 16.9. The molecule has 1 aromatic heterocycles. The molecule has 0 aliphatic rings. The highest BCUT2D eigenvalue weighted by Gasteiger charge is 2.11. The summed E-state index contributed by atoms with van der Waals surface area (Å²) in [5, 5.41) is 6.02. The van der Waals surface area contributed by atoms with Crippen LogP contribution in [0.4, 0.5) is 9.93 Å². The van der Waals surface area contributed by atoms with Crippen LogP contribution in [0, 0.1) is 6.92 Å². The molecule has 0 spiro atoms. The van der Waals surface area contributed by atoms with Crippen LogP contribution in [0.15, 0.2) is 24.4 Å². The van der Waals surface area contributed by atoms with Gasteiger partial charge >= 0.3 is 6.03 Å². The number of benzene rings is 1. The number of hydrogen-bond acceptors (Lipinski definition) is 5. The Morgan fingerprint density at radius 1 is 1.33 bits per heavy atom. The summed E-state index contributed by atoms with van der Waals surface area (Å²) < 4.78 is 10.5. The molecule has 0 aliphatic heterocycles. The molecule has 7 heteroatoms. The van der Waals surface area contributed by atoms with Crippen LogP contribution < -0.4 is 20.1 Å². The highest BCUT2D eigenvalue weighted by atomic mass is 32.1. The molecular formula is C14H17N3O3S. The van der Waals surface area contributed by atoms with Crippen molar-refractivity contribution in [1.82, 2.24) is 10.3 Å². The second-order valence-corrected chi connectivity index (χ2v) is 5.47. The van der Waals surface area contributed by atoms with Gasteiger partial charge in [0.25, 0.3) is 0 Å². The van der Waals surface area contributed by atoms with Gasteiger partial charge in [-0.15, -0.1) is 11.3 Å². The molecule has 1 aromatic carbocycles. The standard InChI is InChI=1S/C14H17N3O3S/c1-9-7-16-14(21-9)17-13(18)15-8-10-5-4-6-11(19-2)12(10)20-3/h4-7H,8H2,1-3H3,(H2,15,16,17,18). The van der Waals surface area contributed by atoms with E-state index < -0.39 is 0 Å². The fourth-order valence-corrected chi connectivity index (χ4v) is 2.48. The minimum Gasteiger partial charge on any atom is -0.493 e. The minimum atomic E-state index is -0.311. The summed E-state index contributed by atoms with van der Waals surface area (Å²) in [7, 11) is 3.15. The van der Waals surface area contributed by atoms with Gasteiger partial charge in [0.05, 0.1) is 14.2 Å². The van der Waals surface area contributed by atoms with E-state index in [2.05, 4.69) is 15.6 Å². The van der Waals surface area contributed by atoms with E-state index in [1.54, 1.807) is 26.5 Å². The molecule has 1 heterocycles. The number of thiazole rings is 1. The van der Waals surface area contributed by atoms with Crippen LogP contribution in [0.25, 0.3) is 0 Å². The molecule has 6 nitrogen and oxygen atoms in total. The molecule has 2 rings (SSSR count). The van der Waals surface area contributed by atoms with Crippen LogP contribution >= 0.6 is 11.3 Å². The van der Waals surface area contributed by atoms with Crippen molar-refractivity contribution in [2.75, 3.05) is 19.5 Å². The fourth-order valence-electron chi connectivity index (χ4n) is 1.82. The first kappa shape index (κ1) is 15.1. The topological polar surface area (TPSA) is 72.5 Å². The maximum Gasteiger partial charge on any atom is 0.321 e. The van der Waals surface area contributed by atoms with E-state index in [-0.39, 0.29) is 6.03 Å². The number of carbonyl (C=O) groups excluding carboxylic acids is 1. The molecular weight excluding hydrogens is 290 g/mol. The van der Waals surface area contributed by atoms with E-state index in [1.165, 1.54) is 11.3 Å². The van der Waals surface area contributed by atoms with Crippen LogP contribution in [-0.2, 0) is 6.54 Å². The zero-order valence-electron chi connectivity index (χ0n) is 12.1. The monoisotopic (exact) mass is 307 g/mol. The number of nitrogens with zero attached hydrogens (tertiary/aromatic N) is 1. The Kier molecular flexibility index (Phi) is 4.99. The second kappa shape index (κ2) is 6.94. The predicted octanol–water partition coefficient (Wildman–Crippen LogP) is 2.79. The van der Waals surface area contributed by atoms with E-state index in [1.807, 2.05) is 19.1 Å². The van der Waals surface area contributed by atoms with Crippen LogP contribution in [0.1, 0.15) is 10.4 Å². The van der Waals surface area contributed by atoms with Crippen molar-refractivity contribution in [3.63, 3.8) is 0 Å². The van der Waals surface area contributed by atoms with Crippen molar-refractivity contribution >= 4 is 22.5 Å². The van der Waals surface area contributed by atoms with Gasteiger partial charge in [0.15, 0.2) is 16.6 Å². The van der Waals surface area contributed by atoms with E-state index in [9.17, 15) is 4.79 Å². The number of urea groups is 1. The number of aryl methyl sites for hydroxylation is 1. The maximum atomic E-state index is 11.8. The quantitative estimate of drug-likeness (QED) is 0.891. The zero-order valence-corrected chi connectivity index (χ0v) is 12.9. The van der Waals surface area contributed by atoms with Crippen molar-refractivity contribution in [3.8, 4) is 11.5 Å². The maximum absolute atomic E-state index is 11.8. The highest BCUT2D eigenvalue weighted by molar-refractivity contribution is 7.15. The van der Waals surface area contributed by atoms with Crippen molar-refractivity contribution in [2.24, 2.45) is 0 Å². The lowest BCUT2D eigenvalue weighted by molar-refractivity contribution is 0.251. The molecule has 2 aromatic rings. The number of hydrogen-bond donors (Lipinski definition) is 2. The number of carbonyl (C=O) groups is 1. The third-order valence-electron chi connectivity index (χ3n) is 2.77. The Labute approximate surface area is 127 Å². The number of rotatable bonds is 5. The second-order valence-electron chi connectivity index (χ2n) is 4.24. The van der Waals surface area contributed by atoms with Crippen molar-refractivity contribution in [3.05, 3.63) is 34.8 Å². The van der Waals surface area contributed by atoms with Gasteiger partial charge in [0, 0.05) is 23.2 Å². The fraction of sp³-hybridized carbons (Fsp3) is 0.286. The molecule has 0 atom stereocenters. The normalized spacial score (nSPS) is 10.0. The van der Waals surface area contributed by atoms with Crippen molar-refractivity contribution in [1.29, 1.82) is 0 Å². The number of methoxy groups -OCH3 is 2. The number of para-hydroxylation sites is 1. The molecule has 0 radical (unpaired) electrons. The molecule has 0 saturated carbocycles. The van der Waals surface area contributed by atoms with Gasteiger partial charge in [-0.25, -0.2) is 9.78 Å². The van der Waals surface area contributed by atoms with Gasteiger partial charge in [0.2, 0.25) is 0 Å². The van der Waals surface area contributed by atoms with Crippen LogP contribution in [0.3, 0.4) is 0 Å². The summed E-state index contributed by atoms with van der Waals surface area (Å²) >= 11 is 1.42. The lowest BCUT2D eigenvalue weighted by atomic mass is 10.2. The highest BCUT2D eigenvalue weighted by Crippen LogP contribution is 2.30. The first-order chi connectivity index (χ1) is 10.1. The number of anilines is 1. The molecule has 0 bridgehead atoms. The van der Waals surface area contributed by atoms with Gasteiger partial charge in [-0.3, -0.25) is 5.32 Å². The predicted molar refractivity (Wildman–Crippen MR) is 82.3 cm³/mol. The molecule has 0 saturated heterocycles. The number of aromatic nitrogens is 1. The summed E-state index contributed by atoms with van der Waals surface area (Å²) in [5.74, 6) is 1.25. The first-order valence-corrected chi connectivity index (χ1v) is 7.13. The van der Waals surface area contributed by atoms with E-state index >= 15 is 0 Å². The smallest absolute Gasteiger partial charge is 0.321 e. The average Bonchev–Trinajstić information content (AvgIpc) is 2.89. The third kappa shape index (κ3) is 3.85. The third-order valence-corrected chi connectivity index (χ3v) is 3.59. The van der Waals surface area contributed by atoms with Gasteiger partial charge < -0.3 is 14.8 Å². The van der Waals surface area contributed by atoms with Gasteiger partial charge in [-0.05, 0) is 13.0 Å². The SMILES string of the molecule is COc1cccc(CNC(=O)Nc2ncc(C)s2)c1OC. The van der Waals surface area contributed by atoms with Gasteiger partial charge in [-0.1, -0.05) is 12.1 Å². The first-order valence-electron chi connectivity index (χ1n) is 6.31. The zero-order chi connectivity index (χ0) is 15.2. The van der Waals surface area contributed by atoms with Gasteiger partial charge in [0.1, 0.15) is 0 Å². The lowest BCUT2D eigenvalue weighted by Crippen LogP contribution is -2.28. The molecule has 0 unspecified atom stereocenters. The molecule has 2 amide bonds. The van der Waals surface area contributed by atoms with Gasteiger partial charge in [-0.2, -0.15) is 0 Å². The molecule has 112 valence electrons. The molecule has 0 aliphatic carbocycles. The summed E-state index contributed by atoms with van der Waals surface area (Å²) in [6.07, 6.45) is 1.71. The van der Waals surface area contributed by atoms with E-state index in [4.69, 9.17) is 9.47 Å². The summed E-state index contributed by atoms with van der Waals surface area (Å²) in [5.41, 5.74) is 0.835. The van der Waals surface area contributed by atoms with Crippen molar-refractivity contribution in [2.45, 2.75) is 13.5 Å².